The summed E-state index contributed by atoms with van der Waals surface area (Å²) in [4.78, 5) is 0. The van der Waals surface area contributed by atoms with Crippen molar-refractivity contribution in [2.75, 3.05) is 5.73 Å². The van der Waals surface area contributed by atoms with E-state index in [0.29, 0.717) is 0 Å². The average molecular weight is 201 g/mol. The maximum atomic E-state index is 5.89. The summed E-state index contributed by atoms with van der Waals surface area (Å²) in [5, 5.41) is 4.33. The van der Waals surface area contributed by atoms with E-state index < -0.39 is 0 Å². The molecule has 0 atom stereocenters. The van der Waals surface area contributed by atoms with Crippen molar-refractivity contribution in [3.05, 3.63) is 35.7 Å². The van der Waals surface area contributed by atoms with Gasteiger partial charge in [0.1, 0.15) is 0 Å². The molecule has 2 rings (SSSR count). The first kappa shape index (κ1) is 9.77. The molecule has 0 unspecified atom stereocenters. The minimum Gasteiger partial charge on any atom is -0.398 e. The van der Waals surface area contributed by atoms with Gasteiger partial charge < -0.3 is 5.73 Å². The molecule has 78 valence electrons. The van der Waals surface area contributed by atoms with E-state index in [0.717, 1.165) is 22.5 Å². The van der Waals surface area contributed by atoms with Gasteiger partial charge in [-0.05, 0) is 31.0 Å². The molecule has 1 heterocycles. The third-order valence-electron chi connectivity index (χ3n) is 2.68. The van der Waals surface area contributed by atoms with Crippen LogP contribution in [0.25, 0.3) is 11.1 Å². The van der Waals surface area contributed by atoms with Crippen LogP contribution in [-0.4, -0.2) is 9.78 Å². The zero-order valence-corrected chi connectivity index (χ0v) is 9.28. The minimum absolute atomic E-state index is 0.829. The lowest BCUT2D eigenvalue weighted by molar-refractivity contribution is 0.756. The quantitative estimate of drug-likeness (QED) is 0.719. The van der Waals surface area contributed by atoms with Crippen LogP contribution in [0.4, 0.5) is 5.69 Å². The first-order chi connectivity index (χ1) is 7.09. The van der Waals surface area contributed by atoms with Crippen LogP contribution >= 0.6 is 0 Å². The lowest BCUT2D eigenvalue weighted by atomic mass is 10.0. The monoisotopic (exact) mass is 201 g/mol. The smallest absolute Gasteiger partial charge is 0.0672 e. The third kappa shape index (κ3) is 1.61. The van der Waals surface area contributed by atoms with E-state index in [1.54, 1.807) is 0 Å². The van der Waals surface area contributed by atoms with Gasteiger partial charge in [0.2, 0.25) is 0 Å². The molecule has 0 aliphatic heterocycles. The number of benzene rings is 1. The Morgan fingerprint density at radius 3 is 2.53 bits per heavy atom. The molecule has 3 nitrogen and oxygen atoms in total. The number of hydrogen-bond acceptors (Lipinski definition) is 2. The summed E-state index contributed by atoms with van der Waals surface area (Å²) in [6.07, 6.45) is 2.02. The van der Waals surface area contributed by atoms with Gasteiger partial charge in [0.25, 0.3) is 0 Å². The Morgan fingerprint density at radius 2 is 1.93 bits per heavy atom. The second-order valence-electron chi connectivity index (χ2n) is 3.82. The molecule has 1 aromatic carbocycles. The van der Waals surface area contributed by atoms with Crippen molar-refractivity contribution in [3.8, 4) is 11.1 Å². The number of nitrogens with zero attached hydrogens (tertiary/aromatic N) is 2. The van der Waals surface area contributed by atoms with E-state index >= 15 is 0 Å². The number of nitrogens with two attached hydrogens (primary N) is 1. The van der Waals surface area contributed by atoms with Gasteiger partial charge in [0.15, 0.2) is 0 Å². The van der Waals surface area contributed by atoms with Crippen LogP contribution in [0.5, 0.6) is 0 Å². The molecule has 0 aliphatic rings. The van der Waals surface area contributed by atoms with Crippen molar-refractivity contribution >= 4 is 5.69 Å². The molecule has 0 spiro atoms. The molecule has 0 saturated carbocycles. The summed E-state index contributed by atoms with van der Waals surface area (Å²) in [6.45, 7) is 4.05. The highest BCUT2D eigenvalue weighted by molar-refractivity contribution is 5.73. The Hall–Kier alpha value is -1.77. The first-order valence-corrected chi connectivity index (χ1v) is 4.95. The Balaban J connectivity index is 2.64. The van der Waals surface area contributed by atoms with Gasteiger partial charge in [-0.2, -0.15) is 5.10 Å². The zero-order chi connectivity index (χ0) is 11.0. The zero-order valence-electron chi connectivity index (χ0n) is 9.28. The lowest BCUT2D eigenvalue weighted by Gasteiger charge is -2.06. The van der Waals surface area contributed by atoms with E-state index in [-0.39, 0.29) is 0 Å². The molecule has 3 heteroatoms. The fourth-order valence-corrected chi connectivity index (χ4v) is 1.81. The fraction of sp³-hybridized carbons (Fsp3) is 0.250. The Labute approximate surface area is 89.5 Å². The van der Waals surface area contributed by atoms with Crippen LogP contribution in [0, 0.1) is 13.8 Å². The van der Waals surface area contributed by atoms with E-state index in [1.165, 1.54) is 5.56 Å². The number of rotatable bonds is 1. The van der Waals surface area contributed by atoms with Gasteiger partial charge in [0, 0.05) is 24.5 Å². The highest BCUT2D eigenvalue weighted by atomic mass is 15.2. The van der Waals surface area contributed by atoms with Crippen molar-refractivity contribution in [1.82, 2.24) is 9.78 Å². The van der Waals surface area contributed by atoms with Crippen molar-refractivity contribution in [1.29, 1.82) is 0 Å². The number of aromatic nitrogens is 2. The van der Waals surface area contributed by atoms with Gasteiger partial charge in [-0.3, -0.25) is 4.68 Å². The summed E-state index contributed by atoms with van der Waals surface area (Å²) in [7, 11) is 1.93. The number of anilines is 1. The second-order valence-corrected chi connectivity index (χ2v) is 3.82. The van der Waals surface area contributed by atoms with Crippen LogP contribution in [-0.2, 0) is 7.05 Å². The van der Waals surface area contributed by atoms with Gasteiger partial charge in [-0.1, -0.05) is 12.1 Å². The SMILES string of the molecule is Cc1nn(C)cc1-c1cccc(N)c1C. The average Bonchev–Trinajstić information content (AvgIpc) is 2.50. The van der Waals surface area contributed by atoms with Crippen molar-refractivity contribution in [2.45, 2.75) is 13.8 Å². The summed E-state index contributed by atoms with van der Waals surface area (Å²) < 4.78 is 1.83. The normalized spacial score (nSPS) is 10.6. The molecule has 0 radical (unpaired) electrons. The number of hydrogen-bond donors (Lipinski definition) is 1. The molecule has 0 fully saturated rings. The number of nitrogen functional groups attached to an aromatic ring is 1. The van der Waals surface area contributed by atoms with Gasteiger partial charge in [-0.25, -0.2) is 0 Å². The standard InChI is InChI=1S/C12H15N3/c1-8-10(5-4-6-12(8)13)11-7-15(3)14-9(11)2/h4-7H,13H2,1-3H3. The van der Waals surface area contributed by atoms with Crippen LogP contribution in [0.1, 0.15) is 11.3 Å². The predicted octanol–water partition coefficient (Wildman–Crippen LogP) is 2.29. The molecule has 0 saturated heterocycles. The molecule has 15 heavy (non-hydrogen) atoms. The largest absolute Gasteiger partial charge is 0.398 e. The topological polar surface area (TPSA) is 43.8 Å². The minimum atomic E-state index is 0.829. The first-order valence-electron chi connectivity index (χ1n) is 4.95. The van der Waals surface area contributed by atoms with Gasteiger partial charge in [0.05, 0.1) is 5.69 Å². The maximum absolute atomic E-state index is 5.89. The van der Waals surface area contributed by atoms with E-state index in [1.807, 2.05) is 43.9 Å². The summed E-state index contributed by atoms with van der Waals surface area (Å²) in [5.74, 6) is 0. The van der Waals surface area contributed by atoms with Crippen LogP contribution < -0.4 is 5.73 Å². The Kier molecular flexibility index (Phi) is 2.23. The predicted molar refractivity (Wildman–Crippen MR) is 62.5 cm³/mol. The summed E-state index contributed by atoms with van der Waals surface area (Å²) in [6, 6.07) is 5.98. The van der Waals surface area contributed by atoms with Crippen LogP contribution in [0.15, 0.2) is 24.4 Å². The Morgan fingerprint density at radius 1 is 1.20 bits per heavy atom. The van der Waals surface area contributed by atoms with Crippen LogP contribution in [0.3, 0.4) is 0 Å². The molecular weight excluding hydrogens is 186 g/mol. The summed E-state index contributed by atoms with van der Waals surface area (Å²) in [5.41, 5.74) is 11.2. The molecular formula is C12H15N3. The van der Waals surface area contributed by atoms with Crippen molar-refractivity contribution in [2.24, 2.45) is 7.05 Å². The van der Waals surface area contributed by atoms with Gasteiger partial charge in [-0.15, -0.1) is 0 Å². The molecule has 1 aromatic heterocycles. The van der Waals surface area contributed by atoms with Crippen molar-refractivity contribution < 1.29 is 0 Å². The van der Waals surface area contributed by atoms with Crippen molar-refractivity contribution in [3.63, 3.8) is 0 Å². The lowest BCUT2D eigenvalue weighted by Crippen LogP contribution is -1.92. The molecule has 0 bridgehead atoms. The third-order valence-corrected chi connectivity index (χ3v) is 2.68. The van der Waals surface area contributed by atoms with E-state index in [4.69, 9.17) is 5.73 Å². The highest BCUT2D eigenvalue weighted by Crippen LogP contribution is 2.28. The highest BCUT2D eigenvalue weighted by Gasteiger charge is 2.09. The Bertz CT molecular complexity index is 498. The van der Waals surface area contributed by atoms with Gasteiger partial charge >= 0.3 is 0 Å². The number of aryl methyl sites for hydroxylation is 2. The maximum Gasteiger partial charge on any atom is 0.0672 e. The van der Waals surface area contributed by atoms with E-state index in [2.05, 4.69) is 11.2 Å². The molecule has 0 amide bonds. The summed E-state index contributed by atoms with van der Waals surface area (Å²) >= 11 is 0. The fourth-order valence-electron chi connectivity index (χ4n) is 1.81. The molecule has 2 aromatic rings. The molecule has 2 N–H and O–H groups in total. The van der Waals surface area contributed by atoms with Crippen LogP contribution in [0.2, 0.25) is 0 Å². The molecule has 0 aliphatic carbocycles. The second kappa shape index (κ2) is 3.42. The van der Waals surface area contributed by atoms with E-state index in [9.17, 15) is 0 Å².